The number of rotatable bonds is 5. The van der Waals surface area contributed by atoms with Crippen molar-refractivity contribution in [2.75, 3.05) is 4.72 Å². The van der Waals surface area contributed by atoms with Gasteiger partial charge in [0.1, 0.15) is 5.82 Å². The number of carbonyl (C=O) groups excluding carboxylic acids is 1. The van der Waals surface area contributed by atoms with Crippen LogP contribution in [0.5, 0.6) is 0 Å². The number of allylic oxidation sites excluding steroid dienone is 1. The summed E-state index contributed by atoms with van der Waals surface area (Å²) in [7, 11) is 0. The van der Waals surface area contributed by atoms with Gasteiger partial charge in [0.15, 0.2) is 0 Å². The van der Waals surface area contributed by atoms with Crippen LogP contribution in [0.25, 0.3) is 0 Å². The first kappa shape index (κ1) is 15.9. The van der Waals surface area contributed by atoms with Crippen molar-refractivity contribution >= 4 is 23.5 Å². The van der Waals surface area contributed by atoms with Crippen LogP contribution in [0.4, 0.5) is 10.1 Å². The summed E-state index contributed by atoms with van der Waals surface area (Å²) in [5.74, 6) is -0.407. The SMILES string of the molecule is CC(=O)NCc1ccc(NSC2CCCC=C2C)c(F)c1. The molecule has 0 spiro atoms. The van der Waals surface area contributed by atoms with Crippen molar-refractivity contribution < 1.29 is 9.18 Å². The lowest BCUT2D eigenvalue weighted by Gasteiger charge is -2.21. The molecule has 0 aromatic heterocycles. The van der Waals surface area contributed by atoms with Gasteiger partial charge < -0.3 is 10.0 Å². The van der Waals surface area contributed by atoms with E-state index in [2.05, 4.69) is 23.0 Å². The van der Waals surface area contributed by atoms with Gasteiger partial charge in [-0.25, -0.2) is 4.39 Å². The summed E-state index contributed by atoms with van der Waals surface area (Å²) in [5.41, 5.74) is 2.61. The fourth-order valence-electron chi connectivity index (χ4n) is 2.26. The topological polar surface area (TPSA) is 41.1 Å². The van der Waals surface area contributed by atoms with E-state index in [1.807, 2.05) is 6.07 Å². The lowest BCUT2D eigenvalue weighted by molar-refractivity contribution is -0.119. The standard InChI is InChI=1S/C16H21FN2OS/c1-11-5-3-4-6-16(11)21-19-15-8-7-13(9-14(15)17)10-18-12(2)20/h5,7-9,16,19H,3-4,6,10H2,1-2H3,(H,18,20). The molecule has 0 heterocycles. The number of anilines is 1. The van der Waals surface area contributed by atoms with Gasteiger partial charge in [0, 0.05) is 18.7 Å². The smallest absolute Gasteiger partial charge is 0.217 e. The molecule has 1 aromatic carbocycles. The lowest BCUT2D eigenvalue weighted by atomic mass is 10.0. The Kier molecular flexibility index (Phi) is 5.67. The molecule has 114 valence electrons. The first-order chi connectivity index (χ1) is 10.1. The minimum absolute atomic E-state index is 0.118. The van der Waals surface area contributed by atoms with E-state index < -0.39 is 0 Å². The van der Waals surface area contributed by atoms with Gasteiger partial charge in [-0.1, -0.05) is 17.7 Å². The van der Waals surface area contributed by atoms with Crippen LogP contribution in [-0.4, -0.2) is 11.2 Å². The van der Waals surface area contributed by atoms with Crippen LogP contribution in [-0.2, 0) is 11.3 Å². The van der Waals surface area contributed by atoms with Crippen molar-refractivity contribution in [1.29, 1.82) is 0 Å². The van der Waals surface area contributed by atoms with E-state index in [4.69, 9.17) is 0 Å². The molecule has 1 atom stereocenters. The molecule has 2 rings (SSSR count). The summed E-state index contributed by atoms with van der Waals surface area (Å²) in [6.07, 6.45) is 5.72. The van der Waals surface area contributed by atoms with Gasteiger partial charge in [-0.3, -0.25) is 4.79 Å². The van der Waals surface area contributed by atoms with Crippen LogP contribution < -0.4 is 10.0 Å². The normalized spacial score (nSPS) is 18.0. The Morgan fingerprint density at radius 3 is 2.95 bits per heavy atom. The summed E-state index contributed by atoms with van der Waals surface area (Å²) in [4.78, 5) is 10.9. The molecule has 1 unspecified atom stereocenters. The Bertz CT molecular complexity index is 545. The quantitative estimate of drug-likeness (QED) is 0.637. The van der Waals surface area contributed by atoms with Gasteiger partial charge in [0.2, 0.25) is 5.91 Å². The third-order valence-electron chi connectivity index (χ3n) is 3.53. The molecular formula is C16H21FN2OS. The Morgan fingerprint density at radius 2 is 2.29 bits per heavy atom. The number of hydrogen-bond donors (Lipinski definition) is 2. The first-order valence-electron chi connectivity index (χ1n) is 7.17. The van der Waals surface area contributed by atoms with Crippen molar-refractivity contribution in [1.82, 2.24) is 5.32 Å². The highest BCUT2D eigenvalue weighted by Gasteiger charge is 2.15. The zero-order valence-electron chi connectivity index (χ0n) is 12.4. The molecule has 0 saturated carbocycles. The van der Waals surface area contributed by atoms with Crippen LogP contribution in [0.1, 0.15) is 38.7 Å². The van der Waals surface area contributed by atoms with Crippen LogP contribution in [0.2, 0.25) is 0 Å². The zero-order valence-corrected chi connectivity index (χ0v) is 13.2. The molecule has 0 saturated heterocycles. The van der Waals surface area contributed by atoms with Gasteiger partial charge in [-0.15, -0.1) is 0 Å². The summed E-state index contributed by atoms with van der Waals surface area (Å²) in [6.45, 7) is 3.93. The maximum atomic E-state index is 14.0. The number of carbonyl (C=O) groups is 1. The largest absolute Gasteiger partial charge is 0.352 e. The average Bonchev–Trinajstić information content (AvgIpc) is 2.45. The summed E-state index contributed by atoms with van der Waals surface area (Å²) in [6, 6.07) is 5.01. The van der Waals surface area contributed by atoms with E-state index in [0.717, 1.165) is 18.4 Å². The summed E-state index contributed by atoms with van der Waals surface area (Å²) in [5, 5.41) is 3.07. The second kappa shape index (κ2) is 7.50. The van der Waals surface area contributed by atoms with Gasteiger partial charge >= 0.3 is 0 Å². The Balaban J connectivity index is 1.93. The molecule has 0 bridgehead atoms. The molecule has 21 heavy (non-hydrogen) atoms. The molecule has 1 amide bonds. The molecule has 2 N–H and O–H groups in total. The number of amides is 1. The van der Waals surface area contributed by atoms with E-state index in [9.17, 15) is 9.18 Å². The van der Waals surface area contributed by atoms with E-state index in [1.165, 1.54) is 25.0 Å². The van der Waals surface area contributed by atoms with Gasteiger partial charge in [-0.05, 0) is 55.8 Å². The van der Waals surface area contributed by atoms with Crippen LogP contribution in [0.3, 0.4) is 0 Å². The summed E-state index contributed by atoms with van der Waals surface area (Å²) < 4.78 is 17.1. The first-order valence-corrected chi connectivity index (χ1v) is 8.05. The summed E-state index contributed by atoms with van der Waals surface area (Å²) >= 11 is 1.57. The third-order valence-corrected chi connectivity index (χ3v) is 4.76. The molecule has 1 aliphatic rings. The monoisotopic (exact) mass is 308 g/mol. The highest BCUT2D eigenvalue weighted by Crippen LogP contribution is 2.30. The van der Waals surface area contributed by atoms with Gasteiger partial charge in [0.05, 0.1) is 5.69 Å². The molecule has 3 nitrogen and oxygen atoms in total. The van der Waals surface area contributed by atoms with Crippen molar-refractivity contribution in [3.63, 3.8) is 0 Å². The van der Waals surface area contributed by atoms with Gasteiger partial charge in [-0.2, -0.15) is 0 Å². The van der Waals surface area contributed by atoms with Crippen molar-refractivity contribution in [2.45, 2.75) is 44.9 Å². The lowest BCUT2D eigenvalue weighted by Crippen LogP contribution is -2.19. The molecule has 0 radical (unpaired) electrons. The Labute approximate surface area is 129 Å². The van der Waals surface area contributed by atoms with Crippen LogP contribution in [0.15, 0.2) is 29.8 Å². The molecule has 0 aliphatic heterocycles. The molecule has 5 heteroatoms. The Hall–Kier alpha value is -1.49. The second-order valence-electron chi connectivity index (χ2n) is 5.31. The fourth-order valence-corrected chi connectivity index (χ4v) is 3.26. The minimum Gasteiger partial charge on any atom is -0.352 e. The molecule has 1 aliphatic carbocycles. The van der Waals surface area contributed by atoms with E-state index in [0.29, 0.717) is 17.5 Å². The maximum absolute atomic E-state index is 14.0. The molecule has 1 aromatic rings. The van der Waals surface area contributed by atoms with Gasteiger partial charge in [0.25, 0.3) is 0 Å². The van der Waals surface area contributed by atoms with Crippen LogP contribution >= 0.6 is 11.9 Å². The van der Waals surface area contributed by atoms with E-state index in [1.54, 1.807) is 18.0 Å². The average molecular weight is 308 g/mol. The Morgan fingerprint density at radius 1 is 1.48 bits per heavy atom. The minimum atomic E-state index is -0.289. The predicted octanol–water partition coefficient (Wildman–Crippen LogP) is 4.02. The number of benzene rings is 1. The maximum Gasteiger partial charge on any atom is 0.217 e. The van der Waals surface area contributed by atoms with Crippen molar-refractivity contribution in [3.05, 3.63) is 41.2 Å². The van der Waals surface area contributed by atoms with Crippen molar-refractivity contribution in [2.24, 2.45) is 0 Å². The fraction of sp³-hybridized carbons (Fsp3) is 0.438. The second-order valence-corrected chi connectivity index (χ2v) is 6.32. The highest BCUT2D eigenvalue weighted by atomic mass is 32.2. The van der Waals surface area contributed by atoms with E-state index >= 15 is 0 Å². The number of halogens is 1. The molecular weight excluding hydrogens is 287 g/mol. The highest BCUT2D eigenvalue weighted by molar-refractivity contribution is 8.01. The molecule has 0 fully saturated rings. The third kappa shape index (κ3) is 4.77. The van der Waals surface area contributed by atoms with Crippen LogP contribution in [0, 0.1) is 5.82 Å². The number of hydrogen-bond acceptors (Lipinski definition) is 3. The van der Waals surface area contributed by atoms with E-state index in [-0.39, 0.29) is 11.7 Å². The number of nitrogens with one attached hydrogen (secondary N) is 2. The van der Waals surface area contributed by atoms with Crippen molar-refractivity contribution in [3.8, 4) is 0 Å². The predicted molar refractivity (Wildman–Crippen MR) is 86.5 cm³/mol. The zero-order chi connectivity index (χ0) is 15.2.